The highest BCUT2D eigenvalue weighted by molar-refractivity contribution is 5.66. The maximum atomic E-state index is 12.4. The lowest BCUT2D eigenvalue weighted by molar-refractivity contribution is -0.213. The minimum Gasteiger partial charge on any atom is -0.452 e. The number of esters is 1. The number of rotatable bonds is 2. The number of carbonyl (C=O) groups excluding carboxylic acids is 1. The molecule has 1 rings (SSSR count). The molecule has 0 aromatic rings. The topological polar surface area (TPSA) is 26.3 Å². The Balaban J connectivity index is 2.65. The lowest BCUT2D eigenvalue weighted by Crippen LogP contribution is -2.38. The zero-order valence-corrected chi connectivity index (χ0v) is 7.34. The smallest absolute Gasteiger partial charge is 0.426 e. The minimum atomic E-state index is -4.57. The standard InChI is InChI=1S/C9H8F3O2/c1-6(13)14-8(9(10,11)12)7-4-2-3-5-7/h2-5,8H,1H3/t8-/m0/s1. The van der Waals surface area contributed by atoms with Crippen LogP contribution in [0.25, 0.3) is 0 Å². The van der Waals surface area contributed by atoms with Crippen molar-refractivity contribution in [3.8, 4) is 0 Å². The van der Waals surface area contributed by atoms with Crippen LogP contribution in [0.4, 0.5) is 13.2 Å². The van der Waals surface area contributed by atoms with Gasteiger partial charge in [0.15, 0.2) is 0 Å². The van der Waals surface area contributed by atoms with E-state index in [0.29, 0.717) is 0 Å². The van der Waals surface area contributed by atoms with Crippen LogP contribution in [0.3, 0.4) is 0 Å². The first-order valence-electron chi connectivity index (χ1n) is 3.87. The van der Waals surface area contributed by atoms with Crippen molar-refractivity contribution >= 4 is 5.97 Å². The molecule has 0 saturated heterocycles. The predicted octanol–water partition coefficient (Wildman–Crippen LogP) is 1.89. The molecule has 77 valence electrons. The average molecular weight is 205 g/mol. The fraction of sp³-hybridized carbons (Fsp3) is 0.333. The van der Waals surface area contributed by atoms with Gasteiger partial charge in [-0.25, -0.2) is 0 Å². The summed E-state index contributed by atoms with van der Waals surface area (Å²) in [6, 6.07) is 0. The van der Waals surface area contributed by atoms with Crippen molar-refractivity contribution in [3.63, 3.8) is 0 Å². The zero-order valence-electron chi connectivity index (χ0n) is 7.34. The van der Waals surface area contributed by atoms with Gasteiger partial charge in [-0.1, -0.05) is 0 Å². The van der Waals surface area contributed by atoms with Crippen LogP contribution < -0.4 is 0 Å². The molecule has 0 aromatic carbocycles. The number of hydrogen-bond acceptors (Lipinski definition) is 2. The van der Waals surface area contributed by atoms with E-state index in [1.165, 1.54) is 25.7 Å². The van der Waals surface area contributed by atoms with Gasteiger partial charge in [0.1, 0.15) is 0 Å². The molecule has 1 aliphatic carbocycles. The monoisotopic (exact) mass is 205 g/mol. The van der Waals surface area contributed by atoms with Crippen molar-refractivity contribution in [2.75, 3.05) is 0 Å². The summed E-state index contributed by atoms with van der Waals surface area (Å²) in [5.41, 5.74) is 0. The van der Waals surface area contributed by atoms with Crippen LogP contribution in [0.15, 0.2) is 0 Å². The molecule has 0 amide bonds. The number of carbonyl (C=O) groups is 1. The quantitative estimate of drug-likeness (QED) is 0.643. The first kappa shape index (κ1) is 11.3. The molecule has 1 aliphatic rings. The number of alkyl halides is 3. The molecule has 0 aromatic heterocycles. The van der Waals surface area contributed by atoms with Gasteiger partial charge in [0.05, 0.1) is 0 Å². The van der Waals surface area contributed by atoms with E-state index < -0.39 is 18.2 Å². The second-order valence-corrected chi connectivity index (χ2v) is 2.75. The summed E-state index contributed by atoms with van der Waals surface area (Å²) in [4.78, 5) is 10.5. The number of ether oxygens (including phenoxy) is 1. The average Bonchev–Trinajstić information content (AvgIpc) is 2.49. The highest BCUT2D eigenvalue weighted by Crippen LogP contribution is 2.37. The lowest BCUT2D eigenvalue weighted by atomic mass is 10.0. The van der Waals surface area contributed by atoms with E-state index in [2.05, 4.69) is 4.74 Å². The van der Waals surface area contributed by atoms with E-state index in [4.69, 9.17) is 0 Å². The molecule has 0 unspecified atom stereocenters. The lowest BCUT2D eigenvalue weighted by Gasteiger charge is -2.24. The fourth-order valence-electron chi connectivity index (χ4n) is 1.05. The molecule has 0 heterocycles. The van der Waals surface area contributed by atoms with Gasteiger partial charge in [-0.2, -0.15) is 13.2 Å². The molecular weight excluding hydrogens is 197 g/mol. The second-order valence-electron chi connectivity index (χ2n) is 2.75. The normalized spacial score (nSPS) is 20.9. The first-order valence-corrected chi connectivity index (χ1v) is 3.87. The van der Waals surface area contributed by atoms with E-state index in [1.807, 2.05) is 0 Å². The molecule has 0 spiro atoms. The minimum absolute atomic E-state index is 0.0623. The predicted molar refractivity (Wildman–Crippen MR) is 42.1 cm³/mol. The van der Waals surface area contributed by atoms with Crippen molar-refractivity contribution < 1.29 is 22.7 Å². The molecule has 2 nitrogen and oxygen atoms in total. The van der Waals surface area contributed by atoms with Gasteiger partial charge in [-0.15, -0.1) is 0 Å². The van der Waals surface area contributed by atoms with Gasteiger partial charge < -0.3 is 4.74 Å². The van der Waals surface area contributed by atoms with Gasteiger partial charge in [-0.3, -0.25) is 4.79 Å². The van der Waals surface area contributed by atoms with Crippen molar-refractivity contribution in [3.05, 3.63) is 31.6 Å². The van der Waals surface area contributed by atoms with E-state index in [9.17, 15) is 18.0 Å². The molecule has 0 aliphatic heterocycles. The van der Waals surface area contributed by atoms with Crippen molar-refractivity contribution in [1.29, 1.82) is 0 Å². The Morgan fingerprint density at radius 2 is 1.86 bits per heavy atom. The Morgan fingerprint density at radius 3 is 2.21 bits per heavy atom. The molecule has 0 N–H and O–H groups in total. The Bertz CT molecular complexity index is 207. The third-order valence-electron chi connectivity index (χ3n) is 1.57. The van der Waals surface area contributed by atoms with E-state index in [0.717, 1.165) is 6.92 Å². The van der Waals surface area contributed by atoms with Gasteiger partial charge in [0, 0.05) is 12.8 Å². The van der Waals surface area contributed by atoms with Gasteiger partial charge >= 0.3 is 12.1 Å². The SMILES string of the molecule is CC(=O)O[C@@H]([C]1[CH][CH][CH][CH]1)C(F)(F)F. The third kappa shape index (κ3) is 2.89. The molecule has 1 saturated carbocycles. The molecule has 14 heavy (non-hydrogen) atoms. The molecular formula is C9H8F3O2. The Hall–Kier alpha value is -0.740. The van der Waals surface area contributed by atoms with Gasteiger partial charge in [0.2, 0.25) is 6.10 Å². The highest BCUT2D eigenvalue weighted by Gasteiger charge is 2.48. The second kappa shape index (κ2) is 4.19. The summed E-state index contributed by atoms with van der Waals surface area (Å²) in [6.45, 7) is 0.946. The summed E-state index contributed by atoms with van der Waals surface area (Å²) in [5.74, 6) is -1.01. The van der Waals surface area contributed by atoms with E-state index in [1.54, 1.807) is 0 Å². The zero-order chi connectivity index (χ0) is 10.8. The maximum Gasteiger partial charge on any atom is 0.426 e. The summed E-state index contributed by atoms with van der Waals surface area (Å²) in [7, 11) is 0. The van der Waals surface area contributed by atoms with Gasteiger partial charge in [-0.05, 0) is 25.7 Å². The van der Waals surface area contributed by atoms with Crippen LogP contribution in [-0.4, -0.2) is 18.2 Å². The van der Waals surface area contributed by atoms with Gasteiger partial charge in [0.25, 0.3) is 0 Å². The van der Waals surface area contributed by atoms with Crippen LogP contribution in [0.1, 0.15) is 6.92 Å². The van der Waals surface area contributed by atoms with Crippen molar-refractivity contribution in [2.24, 2.45) is 0 Å². The van der Waals surface area contributed by atoms with E-state index >= 15 is 0 Å². The molecule has 0 bridgehead atoms. The Kier molecular flexibility index (Phi) is 3.39. The summed E-state index contributed by atoms with van der Waals surface area (Å²) in [5, 5.41) is 0. The molecule has 5 radical (unpaired) electrons. The highest BCUT2D eigenvalue weighted by atomic mass is 19.4. The van der Waals surface area contributed by atoms with E-state index in [-0.39, 0.29) is 5.92 Å². The summed E-state index contributed by atoms with van der Waals surface area (Å²) >= 11 is 0. The van der Waals surface area contributed by atoms with Crippen LogP contribution in [-0.2, 0) is 9.53 Å². The van der Waals surface area contributed by atoms with Crippen molar-refractivity contribution in [2.45, 2.75) is 19.2 Å². The third-order valence-corrected chi connectivity index (χ3v) is 1.57. The van der Waals surface area contributed by atoms with Crippen LogP contribution in [0, 0.1) is 31.6 Å². The first-order chi connectivity index (χ1) is 6.41. The van der Waals surface area contributed by atoms with Crippen LogP contribution >= 0.6 is 0 Å². The Labute approximate surface area is 80.4 Å². The van der Waals surface area contributed by atoms with Crippen LogP contribution in [0.2, 0.25) is 0 Å². The molecule has 1 atom stereocenters. The molecule has 1 fully saturated rings. The van der Waals surface area contributed by atoms with Crippen molar-refractivity contribution in [1.82, 2.24) is 0 Å². The fourth-order valence-corrected chi connectivity index (χ4v) is 1.05. The van der Waals surface area contributed by atoms with Crippen LogP contribution in [0.5, 0.6) is 0 Å². The Morgan fingerprint density at radius 1 is 1.36 bits per heavy atom. The number of hydrogen-bond donors (Lipinski definition) is 0. The summed E-state index contributed by atoms with van der Waals surface area (Å²) in [6.07, 6.45) is -1.29. The number of halogens is 3. The largest absolute Gasteiger partial charge is 0.452 e. The molecule has 5 heteroatoms. The summed E-state index contributed by atoms with van der Waals surface area (Å²) < 4.78 is 41.3. The maximum absolute atomic E-state index is 12.4.